The first-order chi connectivity index (χ1) is 10.5. The summed E-state index contributed by atoms with van der Waals surface area (Å²) < 4.78 is 24.2. The minimum Gasteiger partial charge on any atom is -0.366 e. The van der Waals surface area contributed by atoms with Crippen LogP contribution in [0.1, 0.15) is 19.5 Å². The van der Waals surface area contributed by atoms with Crippen molar-refractivity contribution < 1.29 is 18.4 Å². The van der Waals surface area contributed by atoms with Crippen molar-refractivity contribution in [2.24, 2.45) is 0 Å². The maximum Gasteiger partial charge on any atom is 0.251 e. The molecule has 0 spiro atoms. The van der Waals surface area contributed by atoms with Crippen LogP contribution in [0.3, 0.4) is 0 Å². The molecule has 0 radical (unpaired) electrons. The molecule has 0 unspecified atom stereocenters. The van der Waals surface area contributed by atoms with Gasteiger partial charge in [-0.05, 0) is 26.0 Å². The van der Waals surface area contributed by atoms with Crippen molar-refractivity contribution in [3.8, 4) is 0 Å². The minimum absolute atomic E-state index is 0.0930. The van der Waals surface area contributed by atoms with Crippen LogP contribution in [-0.2, 0) is 15.1 Å². The van der Waals surface area contributed by atoms with Gasteiger partial charge < -0.3 is 19.9 Å². The Bertz CT molecular complexity index is 692. The standard InChI is InChI=1S/C15H18FN3O3/c1-15(2,18-14(20)11-8-17-6-7-21-11)13-9-4-3-5-10(16)12(9)22-19-13/h3-5,11,17H,6-8H2,1-2H3,(H,18,20)/t11-/m0/s1. The number of amides is 1. The van der Waals surface area contributed by atoms with Crippen molar-refractivity contribution in [3.63, 3.8) is 0 Å². The first-order valence-electron chi connectivity index (χ1n) is 7.18. The normalized spacial score (nSPS) is 19.3. The summed E-state index contributed by atoms with van der Waals surface area (Å²) in [4.78, 5) is 12.3. The summed E-state index contributed by atoms with van der Waals surface area (Å²) in [7, 11) is 0. The molecular formula is C15H18FN3O3. The van der Waals surface area contributed by atoms with E-state index in [1.807, 2.05) is 0 Å². The molecule has 22 heavy (non-hydrogen) atoms. The van der Waals surface area contributed by atoms with Crippen LogP contribution >= 0.6 is 0 Å². The minimum atomic E-state index is -0.809. The lowest BCUT2D eigenvalue weighted by Gasteiger charge is -2.29. The number of aromatic nitrogens is 1. The van der Waals surface area contributed by atoms with E-state index in [4.69, 9.17) is 9.26 Å². The highest BCUT2D eigenvalue weighted by molar-refractivity contribution is 5.84. The van der Waals surface area contributed by atoms with Gasteiger partial charge in [0.2, 0.25) is 5.58 Å². The average molecular weight is 307 g/mol. The topological polar surface area (TPSA) is 76.4 Å². The molecule has 2 heterocycles. The molecule has 1 saturated heterocycles. The number of para-hydroxylation sites is 1. The second-order valence-corrected chi connectivity index (χ2v) is 5.83. The number of nitrogens with zero attached hydrogens (tertiary/aromatic N) is 1. The van der Waals surface area contributed by atoms with Gasteiger partial charge in [-0.2, -0.15) is 0 Å². The van der Waals surface area contributed by atoms with Gasteiger partial charge in [-0.3, -0.25) is 4.79 Å². The number of ether oxygens (including phenoxy) is 1. The SMILES string of the molecule is CC(C)(NC(=O)[C@@H]1CNCCO1)c1noc2c(F)cccc12. The molecule has 2 N–H and O–H groups in total. The lowest BCUT2D eigenvalue weighted by molar-refractivity contribution is -0.136. The fraction of sp³-hybridized carbons (Fsp3) is 0.467. The lowest BCUT2D eigenvalue weighted by atomic mass is 9.96. The third-order valence-electron chi connectivity index (χ3n) is 3.70. The second kappa shape index (κ2) is 5.66. The maximum atomic E-state index is 13.7. The lowest BCUT2D eigenvalue weighted by Crippen LogP contribution is -2.52. The molecule has 7 heteroatoms. The number of hydrogen-bond donors (Lipinski definition) is 2. The van der Waals surface area contributed by atoms with E-state index >= 15 is 0 Å². The average Bonchev–Trinajstić information content (AvgIpc) is 2.94. The zero-order chi connectivity index (χ0) is 15.7. The van der Waals surface area contributed by atoms with Crippen molar-refractivity contribution in [2.75, 3.05) is 19.7 Å². The van der Waals surface area contributed by atoms with Crippen molar-refractivity contribution in [1.29, 1.82) is 0 Å². The van der Waals surface area contributed by atoms with E-state index in [9.17, 15) is 9.18 Å². The number of morpholine rings is 1. The van der Waals surface area contributed by atoms with Gasteiger partial charge in [0.05, 0.1) is 17.5 Å². The Morgan fingerprint density at radius 2 is 2.32 bits per heavy atom. The van der Waals surface area contributed by atoms with Crippen LogP contribution < -0.4 is 10.6 Å². The van der Waals surface area contributed by atoms with E-state index in [-0.39, 0.29) is 11.5 Å². The summed E-state index contributed by atoms with van der Waals surface area (Å²) in [5, 5.41) is 10.5. The number of rotatable bonds is 3. The molecule has 1 amide bonds. The molecule has 118 valence electrons. The number of fused-ring (bicyclic) bond motifs is 1. The van der Waals surface area contributed by atoms with Gasteiger partial charge in [0.25, 0.3) is 5.91 Å². The molecular weight excluding hydrogens is 289 g/mol. The van der Waals surface area contributed by atoms with Crippen molar-refractivity contribution in [2.45, 2.75) is 25.5 Å². The number of halogens is 1. The van der Waals surface area contributed by atoms with Crippen LogP contribution in [0.4, 0.5) is 4.39 Å². The quantitative estimate of drug-likeness (QED) is 0.894. The van der Waals surface area contributed by atoms with Gasteiger partial charge in [0, 0.05) is 13.1 Å². The molecule has 1 aromatic carbocycles. The Morgan fingerprint density at radius 3 is 3.05 bits per heavy atom. The number of carbonyl (C=O) groups excluding carboxylic acids is 1. The van der Waals surface area contributed by atoms with E-state index in [1.54, 1.807) is 26.0 Å². The van der Waals surface area contributed by atoms with Gasteiger partial charge in [-0.15, -0.1) is 0 Å². The van der Waals surface area contributed by atoms with E-state index in [0.29, 0.717) is 24.2 Å². The zero-order valence-corrected chi connectivity index (χ0v) is 12.5. The Labute approximate surface area is 127 Å². The zero-order valence-electron chi connectivity index (χ0n) is 12.5. The van der Waals surface area contributed by atoms with Crippen LogP contribution in [0, 0.1) is 5.82 Å². The largest absolute Gasteiger partial charge is 0.366 e. The predicted molar refractivity (Wildman–Crippen MR) is 77.7 cm³/mol. The molecule has 3 rings (SSSR count). The van der Waals surface area contributed by atoms with Gasteiger partial charge in [-0.1, -0.05) is 11.2 Å². The number of benzene rings is 1. The fourth-order valence-electron chi connectivity index (χ4n) is 2.56. The molecule has 1 fully saturated rings. The monoisotopic (exact) mass is 307 g/mol. The number of nitrogens with one attached hydrogen (secondary N) is 2. The van der Waals surface area contributed by atoms with Crippen molar-refractivity contribution >= 4 is 16.9 Å². The molecule has 6 nitrogen and oxygen atoms in total. The van der Waals surface area contributed by atoms with Crippen molar-refractivity contribution in [1.82, 2.24) is 15.8 Å². The first kappa shape index (κ1) is 14.9. The highest BCUT2D eigenvalue weighted by atomic mass is 19.1. The Balaban J connectivity index is 1.84. The Morgan fingerprint density at radius 1 is 1.50 bits per heavy atom. The highest BCUT2D eigenvalue weighted by Gasteiger charge is 2.32. The van der Waals surface area contributed by atoms with E-state index in [1.165, 1.54) is 6.07 Å². The van der Waals surface area contributed by atoms with Crippen LogP contribution in [-0.4, -0.2) is 36.9 Å². The van der Waals surface area contributed by atoms with E-state index in [2.05, 4.69) is 15.8 Å². The van der Waals surface area contributed by atoms with Crippen LogP contribution in [0.2, 0.25) is 0 Å². The Hall–Kier alpha value is -1.99. The molecule has 1 aromatic heterocycles. The second-order valence-electron chi connectivity index (χ2n) is 5.83. The molecule has 0 aliphatic carbocycles. The van der Waals surface area contributed by atoms with Crippen molar-refractivity contribution in [3.05, 3.63) is 29.7 Å². The van der Waals surface area contributed by atoms with Gasteiger partial charge >= 0.3 is 0 Å². The maximum absolute atomic E-state index is 13.7. The number of carbonyl (C=O) groups is 1. The molecule has 1 aliphatic heterocycles. The van der Waals surface area contributed by atoms with E-state index < -0.39 is 17.5 Å². The molecule has 0 saturated carbocycles. The summed E-state index contributed by atoms with van der Waals surface area (Å²) in [5.74, 6) is -0.706. The summed E-state index contributed by atoms with van der Waals surface area (Å²) in [6.45, 7) is 5.29. The summed E-state index contributed by atoms with van der Waals surface area (Å²) in [6.07, 6.45) is -0.539. The molecule has 0 bridgehead atoms. The number of hydrogen-bond acceptors (Lipinski definition) is 5. The highest BCUT2D eigenvalue weighted by Crippen LogP contribution is 2.29. The van der Waals surface area contributed by atoms with Crippen LogP contribution in [0.15, 0.2) is 22.7 Å². The third kappa shape index (κ3) is 2.69. The Kier molecular flexibility index (Phi) is 3.84. The summed E-state index contributed by atoms with van der Waals surface area (Å²) >= 11 is 0. The molecule has 1 aliphatic rings. The summed E-state index contributed by atoms with van der Waals surface area (Å²) in [6, 6.07) is 4.62. The van der Waals surface area contributed by atoms with Gasteiger partial charge in [-0.25, -0.2) is 4.39 Å². The first-order valence-corrected chi connectivity index (χ1v) is 7.18. The van der Waals surface area contributed by atoms with Gasteiger partial charge in [0.1, 0.15) is 11.8 Å². The molecule has 1 atom stereocenters. The van der Waals surface area contributed by atoms with Crippen LogP contribution in [0.5, 0.6) is 0 Å². The van der Waals surface area contributed by atoms with Gasteiger partial charge in [0.15, 0.2) is 5.82 Å². The molecule has 2 aromatic rings. The van der Waals surface area contributed by atoms with Crippen LogP contribution in [0.25, 0.3) is 11.0 Å². The predicted octanol–water partition coefficient (Wildman–Crippen LogP) is 1.31. The summed E-state index contributed by atoms with van der Waals surface area (Å²) in [5.41, 5.74) is -0.230. The third-order valence-corrected chi connectivity index (χ3v) is 3.70. The smallest absolute Gasteiger partial charge is 0.251 e. The van der Waals surface area contributed by atoms with E-state index in [0.717, 1.165) is 6.54 Å². The fourth-order valence-corrected chi connectivity index (χ4v) is 2.56.